The first-order valence-electron chi connectivity index (χ1n) is 8.49. The molecule has 2 aromatic carbocycles. The van der Waals surface area contributed by atoms with E-state index in [9.17, 15) is 9.18 Å². The fourth-order valence-electron chi connectivity index (χ4n) is 3.15. The van der Waals surface area contributed by atoms with Gasteiger partial charge in [0.2, 0.25) is 0 Å². The van der Waals surface area contributed by atoms with Crippen LogP contribution in [-0.2, 0) is 0 Å². The maximum atomic E-state index is 13.4. The molecule has 1 saturated heterocycles. The van der Waals surface area contributed by atoms with Gasteiger partial charge in [0.05, 0.1) is 16.8 Å². The average molecular weight is 406 g/mol. The first kappa shape index (κ1) is 18.0. The summed E-state index contributed by atoms with van der Waals surface area (Å²) in [6.07, 6.45) is 0. The van der Waals surface area contributed by atoms with Crippen molar-refractivity contribution in [2.45, 2.75) is 0 Å². The van der Waals surface area contributed by atoms with Crippen LogP contribution in [0.4, 0.5) is 9.52 Å². The molecular weight excluding hydrogens is 389 g/mol. The van der Waals surface area contributed by atoms with Crippen molar-refractivity contribution in [2.24, 2.45) is 0 Å². The van der Waals surface area contributed by atoms with E-state index >= 15 is 0 Å². The van der Waals surface area contributed by atoms with E-state index in [1.807, 2.05) is 6.07 Å². The molecule has 4 rings (SSSR count). The van der Waals surface area contributed by atoms with E-state index in [0.717, 1.165) is 15.3 Å². The molecule has 1 aromatic heterocycles. The summed E-state index contributed by atoms with van der Waals surface area (Å²) in [5.74, 6) is 0.139. The zero-order chi connectivity index (χ0) is 19.0. The highest BCUT2D eigenvalue weighted by Crippen LogP contribution is 2.38. The Morgan fingerprint density at radius 1 is 1.22 bits per heavy atom. The Labute approximate surface area is 164 Å². The summed E-state index contributed by atoms with van der Waals surface area (Å²) in [6, 6.07) is 9.42. The number of anilines is 1. The highest BCUT2D eigenvalue weighted by molar-refractivity contribution is 7.22. The molecule has 140 valence electrons. The standard InChI is InChI=1S/C19H17ClFN3O2S/c1-26-15-6-5-14(20)17-16(15)22-19(27-17)24-9-7-23(8-10-24)18(25)12-3-2-4-13(21)11-12/h2-6,11H,7-10H2,1H3. The van der Waals surface area contributed by atoms with Crippen LogP contribution in [0.15, 0.2) is 36.4 Å². The predicted molar refractivity (Wildman–Crippen MR) is 106 cm³/mol. The molecule has 5 nitrogen and oxygen atoms in total. The maximum Gasteiger partial charge on any atom is 0.254 e. The Morgan fingerprint density at radius 3 is 2.70 bits per heavy atom. The van der Waals surface area contributed by atoms with Gasteiger partial charge in [0.25, 0.3) is 5.91 Å². The minimum atomic E-state index is -0.403. The van der Waals surface area contributed by atoms with Crippen LogP contribution in [0.3, 0.4) is 0 Å². The van der Waals surface area contributed by atoms with Crippen LogP contribution in [0, 0.1) is 5.82 Å². The van der Waals surface area contributed by atoms with Crippen molar-refractivity contribution in [3.05, 3.63) is 52.8 Å². The number of halogens is 2. The lowest BCUT2D eigenvalue weighted by Gasteiger charge is -2.34. The molecule has 1 aliphatic heterocycles. The molecule has 1 fully saturated rings. The van der Waals surface area contributed by atoms with Crippen LogP contribution in [-0.4, -0.2) is 49.1 Å². The molecule has 3 aromatic rings. The minimum absolute atomic E-state index is 0.150. The molecule has 2 heterocycles. The first-order chi connectivity index (χ1) is 13.1. The van der Waals surface area contributed by atoms with Crippen molar-refractivity contribution < 1.29 is 13.9 Å². The van der Waals surface area contributed by atoms with Crippen molar-refractivity contribution in [3.8, 4) is 5.75 Å². The van der Waals surface area contributed by atoms with E-state index in [1.165, 1.54) is 23.5 Å². The number of hydrogen-bond donors (Lipinski definition) is 0. The Hall–Kier alpha value is -2.38. The number of hydrogen-bond acceptors (Lipinski definition) is 5. The zero-order valence-corrected chi connectivity index (χ0v) is 16.2. The number of ether oxygens (including phenoxy) is 1. The SMILES string of the molecule is COc1ccc(Cl)c2sc(N3CCN(C(=O)c4cccc(F)c4)CC3)nc12. The largest absolute Gasteiger partial charge is 0.494 e. The third-order valence-electron chi connectivity index (χ3n) is 4.58. The van der Waals surface area contributed by atoms with E-state index in [-0.39, 0.29) is 5.91 Å². The molecule has 0 bridgehead atoms. The van der Waals surface area contributed by atoms with Crippen LogP contribution in [0.25, 0.3) is 10.2 Å². The summed E-state index contributed by atoms with van der Waals surface area (Å²) < 4.78 is 19.6. The van der Waals surface area contributed by atoms with E-state index < -0.39 is 5.82 Å². The smallest absolute Gasteiger partial charge is 0.254 e. The van der Waals surface area contributed by atoms with Crippen molar-refractivity contribution >= 4 is 44.2 Å². The van der Waals surface area contributed by atoms with Crippen LogP contribution in [0.2, 0.25) is 5.02 Å². The Bertz CT molecular complexity index is 1000. The summed E-state index contributed by atoms with van der Waals surface area (Å²) in [5, 5.41) is 1.50. The molecule has 27 heavy (non-hydrogen) atoms. The second-order valence-electron chi connectivity index (χ2n) is 6.21. The zero-order valence-electron chi connectivity index (χ0n) is 14.6. The van der Waals surface area contributed by atoms with Gasteiger partial charge in [-0.25, -0.2) is 9.37 Å². The third kappa shape index (κ3) is 3.44. The Balaban J connectivity index is 1.50. The molecule has 1 aliphatic rings. The van der Waals surface area contributed by atoms with E-state index in [1.54, 1.807) is 30.2 Å². The lowest BCUT2D eigenvalue weighted by Crippen LogP contribution is -2.48. The topological polar surface area (TPSA) is 45.7 Å². The van der Waals surface area contributed by atoms with Gasteiger partial charge in [0.1, 0.15) is 17.1 Å². The molecule has 0 unspecified atom stereocenters. The number of carbonyl (C=O) groups excluding carboxylic acids is 1. The number of methoxy groups -OCH3 is 1. The van der Waals surface area contributed by atoms with Gasteiger partial charge >= 0.3 is 0 Å². The van der Waals surface area contributed by atoms with Gasteiger partial charge in [-0.1, -0.05) is 29.0 Å². The van der Waals surface area contributed by atoms with Crippen molar-refractivity contribution in [1.82, 2.24) is 9.88 Å². The van der Waals surface area contributed by atoms with Gasteiger partial charge in [0.15, 0.2) is 5.13 Å². The molecule has 8 heteroatoms. The van der Waals surface area contributed by atoms with Gasteiger partial charge in [-0.15, -0.1) is 0 Å². The minimum Gasteiger partial charge on any atom is -0.494 e. The number of aromatic nitrogens is 1. The first-order valence-corrected chi connectivity index (χ1v) is 9.69. The number of nitrogens with zero attached hydrogens (tertiary/aromatic N) is 3. The fraction of sp³-hybridized carbons (Fsp3) is 0.263. The molecule has 0 radical (unpaired) electrons. The molecule has 0 atom stereocenters. The van der Waals surface area contributed by atoms with Crippen LogP contribution >= 0.6 is 22.9 Å². The number of piperazine rings is 1. The summed E-state index contributed by atoms with van der Waals surface area (Å²) in [6.45, 7) is 2.41. The second kappa shape index (κ2) is 7.32. The monoisotopic (exact) mass is 405 g/mol. The third-order valence-corrected chi connectivity index (χ3v) is 6.15. The van der Waals surface area contributed by atoms with Crippen molar-refractivity contribution in [3.63, 3.8) is 0 Å². The van der Waals surface area contributed by atoms with Crippen LogP contribution < -0.4 is 9.64 Å². The van der Waals surface area contributed by atoms with E-state index in [4.69, 9.17) is 16.3 Å². The van der Waals surface area contributed by atoms with Gasteiger partial charge in [-0.05, 0) is 30.3 Å². The summed E-state index contributed by atoms with van der Waals surface area (Å²) in [7, 11) is 1.61. The number of benzene rings is 2. The highest BCUT2D eigenvalue weighted by atomic mass is 35.5. The van der Waals surface area contributed by atoms with Crippen LogP contribution in [0.5, 0.6) is 5.75 Å². The Morgan fingerprint density at radius 2 is 2.00 bits per heavy atom. The lowest BCUT2D eigenvalue weighted by atomic mass is 10.2. The van der Waals surface area contributed by atoms with E-state index in [0.29, 0.717) is 42.5 Å². The van der Waals surface area contributed by atoms with Gasteiger partial charge < -0.3 is 14.5 Å². The van der Waals surface area contributed by atoms with Gasteiger partial charge in [0, 0.05) is 31.7 Å². The quantitative estimate of drug-likeness (QED) is 0.659. The number of rotatable bonds is 3. The molecule has 0 spiro atoms. The predicted octanol–water partition coefficient (Wildman–Crippen LogP) is 4.06. The highest BCUT2D eigenvalue weighted by Gasteiger charge is 2.25. The Kier molecular flexibility index (Phi) is 4.88. The summed E-state index contributed by atoms with van der Waals surface area (Å²) in [4.78, 5) is 21.1. The van der Waals surface area contributed by atoms with E-state index in [2.05, 4.69) is 9.88 Å². The molecule has 1 amide bonds. The molecule has 0 saturated carbocycles. The van der Waals surface area contributed by atoms with Gasteiger partial charge in [-0.3, -0.25) is 4.79 Å². The maximum absolute atomic E-state index is 13.4. The lowest BCUT2D eigenvalue weighted by molar-refractivity contribution is 0.0746. The molecule has 0 aliphatic carbocycles. The van der Waals surface area contributed by atoms with Crippen molar-refractivity contribution in [1.29, 1.82) is 0 Å². The molecular formula is C19H17ClFN3O2S. The normalized spacial score (nSPS) is 14.6. The number of carbonyl (C=O) groups is 1. The van der Waals surface area contributed by atoms with Gasteiger partial charge in [-0.2, -0.15) is 0 Å². The summed E-state index contributed by atoms with van der Waals surface area (Å²) in [5.41, 5.74) is 1.13. The molecule has 0 N–H and O–H groups in total. The van der Waals surface area contributed by atoms with Crippen LogP contribution in [0.1, 0.15) is 10.4 Å². The van der Waals surface area contributed by atoms with Crippen molar-refractivity contribution in [2.75, 3.05) is 38.2 Å². The number of amides is 1. The fourth-order valence-corrected chi connectivity index (χ4v) is 4.45. The average Bonchev–Trinajstić information content (AvgIpc) is 3.14. The summed E-state index contributed by atoms with van der Waals surface area (Å²) >= 11 is 7.81. The number of thiazole rings is 1. The second-order valence-corrected chi connectivity index (χ2v) is 7.60. The number of fused-ring (bicyclic) bond motifs is 1.